The topological polar surface area (TPSA) is 20.2 Å². The molecular formula is C11H11ClOS. The van der Waals surface area contributed by atoms with E-state index in [1.165, 1.54) is 15.0 Å². The van der Waals surface area contributed by atoms with Crippen LogP contribution in [0.5, 0.6) is 0 Å². The van der Waals surface area contributed by atoms with Crippen molar-refractivity contribution in [1.29, 1.82) is 0 Å². The van der Waals surface area contributed by atoms with Crippen LogP contribution >= 0.6 is 22.9 Å². The number of hydrogen-bond acceptors (Lipinski definition) is 2. The summed E-state index contributed by atoms with van der Waals surface area (Å²) < 4.78 is 1.20. The molecule has 2 aromatic rings. The standard InChI is InChI=1S/C11H11ClOS/c1-2-9-3-7-4-10(12)8(6-13)5-11(7)14-9/h3-5,13H,2,6H2,1H3. The Balaban J connectivity index is 2.64. The van der Waals surface area contributed by atoms with Crippen LogP contribution in [-0.2, 0) is 13.0 Å². The molecule has 0 aliphatic heterocycles. The van der Waals surface area contributed by atoms with Crippen LogP contribution in [-0.4, -0.2) is 5.11 Å². The highest BCUT2D eigenvalue weighted by Crippen LogP contribution is 2.30. The number of aliphatic hydroxyl groups is 1. The molecule has 0 saturated carbocycles. The molecule has 0 amide bonds. The van der Waals surface area contributed by atoms with Crippen LogP contribution in [0, 0.1) is 0 Å². The molecule has 14 heavy (non-hydrogen) atoms. The zero-order valence-electron chi connectivity index (χ0n) is 7.88. The van der Waals surface area contributed by atoms with Gasteiger partial charge in [-0.1, -0.05) is 18.5 Å². The van der Waals surface area contributed by atoms with Gasteiger partial charge in [0.1, 0.15) is 0 Å². The van der Waals surface area contributed by atoms with E-state index >= 15 is 0 Å². The molecule has 74 valence electrons. The van der Waals surface area contributed by atoms with E-state index in [1.54, 1.807) is 11.3 Å². The summed E-state index contributed by atoms with van der Waals surface area (Å²) in [7, 11) is 0. The summed E-state index contributed by atoms with van der Waals surface area (Å²) >= 11 is 7.77. The van der Waals surface area contributed by atoms with Crippen molar-refractivity contribution in [2.24, 2.45) is 0 Å². The number of hydrogen-bond donors (Lipinski definition) is 1. The Labute approximate surface area is 91.9 Å². The molecule has 3 heteroatoms. The number of aryl methyl sites for hydroxylation is 1. The lowest BCUT2D eigenvalue weighted by molar-refractivity contribution is 0.282. The summed E-state index contributed by atoms with van der Waals surface area (Å²) in [6.07, 6.45) is 1.05. The van der Waals surface area contributed by atoms with Gasteiger partial charge in [0.05, 0.1) is 6.61 Å². The van der Waals surface area contributed by atoms with Gasteiger partial charge in [-0.3, -0.25) is 0 Å². The summed E-state index contributed by atoms with van der Waals surface area (Å²) in [5.74, 6) is 0. The third-order valence-corrected chi connectivity index (χ3v) is 3.85. The Morgan fingerprint density at radius 1 is 1.36 bits per heavy atom. The largest absolute Gasteiger partial charge is 0.392 e. The highest BCUT2D eigenvalue weighted by molar-refractivity contribution is 7.19. The number of halogens is 1. The second kappa shape index (κ2) is 3.89. The third kappa shape index (κ3) is 1.65. The van der Waals surface area contributed by atoms with Crippen LogP contribution in [0.1, 0.15) is 17.4 Å². The molecule has 0 radical (unpaired) electrons. The third-order valence-electron chi connectivity index (χ3n) is 2.26. The highest BCUT2D eigenvalue weighted by atomic mass is 35.5. The number of thiophene rings is 1. The molecule has 1 nitrogen and oxygen atoms in total. The van der Waals surface area contributed by atoms with Crippen molar-refractivity contribution in [3.8, 4) is 0 Å². The first kappa shape index (κ1) is 9.97. The van der Waals surface area contributed by atoms with Crippen molar-refractivity contribution >= 4 is 33.0 Å². The van der Waals surface area contributed by atoms with Gasteiger partial charge in [-0.05, 0) is 35.6 Å². The Morgan fingerprint density at radius 3 is 2.79 bits per heavy atom. The lowest BCUT2D eigenvalue weighted by Gasteiger charge is -1.99. The van der Waals surface area contributed by atoms with E-state index in [1.807, 2.05) is 12.1 Å². The molecule has 0 aliphatic carbocycles. The van der Waals surface area contributed by atoms with Gasteiger partial charge in [-0.15, -0.1) is 11.3 Å². The molecule has 1 aromatic heterocycles. The van der Waals surface area contributed by atoms with Crippen LogP contribution in [0.15, 0.2) is 18.2 Å². The van der Waals surface area contributed by atoms with Crippen LogP contribution in [0.2, 0.25) is 5.02 Å². The van der Waals surface area contributed by atoms with E-state index in [9.17, 15) is 0 Å². The molecule has 1 N–H and O–H groups in total. The minimum Gasteiger partial charge on any atom is -0.392 e. The van der Waals surface area contributed by atoms with Crippen LogP contribution in [0.3, 0.4) is 0 Å². The number of aliphatic hydroxyl groups excluding tert-OH is 1. The maximum atomic E-state index is 9.06. The number of benzene rings is 1. The maximum Gasteiger partial charge on any atom is 0.0696 e. The van der Waals surface area contributed by atoms with Crippen molar-refractivity contribution in [3.63, 3.8) is 0 Å². The summed E-state index contributed by atoms with van der Waals surface area (Å²) in [5.41, 5.74) is 0.809. The van der Waals surface area contributed by atoms with Crippen molar-refractivity contribution in [1.82, 2.24) is 0 Å². The summed E-state index contributed by atoms with van der Waals surface area (Å²) in [5, 5.41) is 10.9. The first-order valence-electron chi connectivity index (χ1n) is 4.56. The molecule has 1 aromatic carbocycles. The van der Waals surface area contributed by atoms with Gasteiger partial charge >= 0.3 is 0 Å². The molecule has 0 atom stereocenters. The average Bonchev–Trinajstić information content (AvgIpc) is 2.58. The van der Waals surface area contributed by atoms with Crippen molar-refractivity contribution in [2.45, 2.75) is 20.0 Å². The molecule has 2 rings (SSSR count). The molecular weight excluding hydrogens is 216 g/mol. The van der Waals surface area contributed by atoms with Gasteiger partial charge < -0.3 is 5.11 Å². The summed E-state index contributed by atoms with van der Waals surface area (Å²) in [6, 6.07) is 6.06. The summed E-state index contributed by atoms with van der Waals surface area (Å²) in [4.78, 5) is 1.35. The van der Waals surface area contributed by atoms with Crippen molar-refractivity contribution in [2.75, 3.05) is 0 Å². The Kier molecular flexibility index (Phi) is 2.77. The van der Waals surface area contributed by atoms with Gasteiger partial charge in [0, 0.05) is 14.6 Å². The fourth-order valence-corrected chi connectivity index (χ4v) is 2.73. The highest BCUT2D eigenvalue weighted by Gasteiger charge is 2.05. The molecule has 0 aliphatic rings. The lowest BCUT2D eigenvalue weighted by Crippen LogP contribution is -1.82. The first-order chi connectivity index (χ1) is 6.74. The Hall–Kier alpha value is -0.570. The van der Waals surface area contributed by atoms with Gasteiger partial charge in [0.15, 0.2) is 0 Å². The molecule has 0 bridgehead atoms. The number of rotatable bonds is 2. The van der Waals surface area contributed by atoms with E-state index in [0.29, 0.717) is 5.02 Å². The minimum absolute atomic E-state index is 0.00807. The van der Waals surface area contributed by atoms with Crippen molar-refractivity contribution in [3.05, 3.63) is 33.7 Å². The Bertz CT molecular complexity index is 462. The lowest BCUT2D eigenvalue weighted by atomic mass is 10.2. The van der Waals surface area contributed by atoms with E-state index in [0.717, 1.165) is 12.0 Å². The van der Waals surface area contributed by atoms with E-state index in [2.05, 4.69) is 13.0 Å². The predicted octanol–water partition coefficient (Wildman–Crippen LogP) is 3.61. The molecule has 0 unspecified atom stereocenters. The molecule has 0 spiro atoms. The monoisotopic (exact) mass is 226 g/mol. The average molecular weight is 227 g/mol. The molecule has 0 saturated heterocycles. The predicted molar refractivity (Wildman–Crippen MR) is 62.1 cm³/mol. The second-order valence-corrected chi connectivity index (χ2v) is 4.78. The van der Waals surface area contributed by atoms with Crippen LogP contribution in [0.4, 0.5) is 0 Å². The van der Waals surface area contributed by atoms with E-state index < -0.39 is 0 Å². The quantitative estimate of drug-likeness (QED) is 0.830. The second-order valence-electron chi connectivity index (χ2n) is 3.21. The zero-order chi connectivity index (χ0) is 10.1. The van der Waals surface area contributed by atoms with Crippen molar-refractivity contribution < 1.29 is 5.11 Å². The van der Waals surface area contributed by atoms with Crippen LogP contribution in [0.25, 0.3) is 10.1 Å². The minimum atomic E-state index is 0.00807. The maximum absolute atomic E-state index is 9.06. The van der Waals surface area contributed by atoms with Gasteiger partial charge in [-0.2, -0.15) is 0 Å². The summed E-state index contributed by atoms with van der Waals surface area (Å²) in [6.45, 7) is 2.15. The van der Waals surface area contributed by atoms with E-state index in [4.69, 9.17) is 16.7 Å². The zero-order valence-corrected chi connectivity index (χ0v) is 9.45. The molecule has 0 fully saturated rings. The fraction of sp³-hybridized carbons (Fsp3) is 0.273. The van der Waals surface area contributed by atoms with Gasteiger partial charge in [0.2, 0.25) is 0 Å². The molecule has 1 heterocycles. The SMILES string of the molecule is CCc1cc2cc(Cl)c(CO)cc2s1. The fourth-order valence-electron chi connectivity index (χ4n) is 1.45. The van der Waals surface area contributed by atoms with Gasteiger partial charge in [-0.25, -0.2) is 0 Å². The van der Waals surface area contributed by atoms with Crippen LogP contribution < -0.4 is 0 Å². The smallest absolute Gasteiger partial charge is 0.0696 e. The number of fused-ring (bicyclic) bond motifs is 1. The van der Waals surface area contributed by atoms with Gasteiger partial charge in [0.25, 0.3) is 0 Å². The first-order valence-corrected chi connectivity index (χ1v) is 5.75. The van der Waals surface area contributed by atoms with E-state index in [-0.39, 0.29) is 6.61 Å². The Morgan fingerprint density at radius 2 is 2.14 bits per heavy atom. The normalized spacial score (nSPS) is 11.1.